The highest BCUT2D eigenvalue weighted by Crippen LogP contribution is 2.29. The molecular weight excluding hydrogens is 366 g/mol. The van der Waals surface area contributed by atoms with Gasteiger partial charge in [0.25, 0.3) is 0 Å². The number of anilines is 2. The number of hydrogen-bond donors (Lipinski definition) is 3. The average Bonchev–Trinajstić information content (AvgIpc) is 3.04. The summed E-state index contributed by atoms with van der Waals surface area (Å²) in [5, 5.41) is 9.73. The van der Waals surface area contributed by atoms with E-state index in [9.17, 15) is 4.79 Å². The van der Waals surface area contributed by atoms with Gasteiger partial charge in [-0.05, 0) is 61.4 Å². The van der Waals surface area contributed by atoms with Gasteiger partial charge < -0.3 is 11.1 Å². The number of carbonyl (C=O) groups excluding carboxylic acids is 1. The highest BCUT2D eigenvalue weighted by atomic mass is 32.2. The second kappa shape index (κ2) is 8.29. The molecule has 0 spiro atoms. The molecule has 0 bridgehead atoms. The van der Waals surface area contributed by atoms with Gasteiger partial charge >= 0.3 is 0 Å². The fourth-order valence-corrected chi connectivity index (χ4v) is 3.69. The van der Waals surface area contributed by atoms with E-state index in [1.807, 2.05) is 24.3 Å². The van der Waals surface area contributed by atoms with Crippen LogP contribution in [0.15, 0.2) is 57.4 Å². The maximum atomic E-state index is 12.0. The van der Waals surface area contributed by atoms with Crippen molar-refractivity contribution in [1.82, 2.24) is 15.2 Å². The van der Waals surface area contributed by atoms with Gasteiger partial charge in [0, 0.05) is 15.5 Å². The topological polar surface area (TPSA) is 96.7 Å². The highest BCUT2D eigenvalue weighted by Gasteiger charge is 2.07. The van der Waals surface area contributed by atoms with Crippen molar-refractivity contribution in [2.45, 2.75) is 28.8 Å². The minimum Gasteiger partial charge on any atom is -0.368 e. The van der Waals surface area contributed by atoms with Crippen molar-refractivity contribution in [1.29, 1.82) is 0 Å². The van der Waals surface area contributed by atoms with Crippen LogP contribution < -0.4 is 11.1 Å². The van der Waals surface area contributed by atoms with Crippen molar-refractivity contribution in [2.24, 2.45) is 0 Å². The fourth-order valence-electron chi connectivity index (χ4n) is 2.17. The number of hydrogen-bond acceptors (Lipinski definition) is 6. The van der Waals surface area contributed by atoms with Crippen LogP contribution in [0.1, 0.15) is 11.1 Å². The lowest BCUT2D eigenvalue weighted by Crippen LogP contribution is -2.14. The number of H-pyrrole nitrogens is 1. The number of benzene rings is 2. The Morgan fingerprint density at radius 2 is 1.85 bits per heavy atom. The molecule has 6 nitrogen and oxygen atoms in total. The first-order valence-electron chi connectivity index (χ1n) is 7.95. The zero-order chi connectivity index (χ0) is 18.5. The molecule has 0 aliphatic rings. The minimum absolute atomic E-state index is 0.118. The molecule has 1 amide bonds. The van der Waals surface area contributed by atoms with Crippen LogP contribution in [0.2, 0.25) is 0 Å². The van der Waals surface area contributed by atoms with E-state index in [1.54, 1.807) is 11.8 Å². The normalized spacial score (nSPS) is 10.7. The Morgan fingerprint density at radius 3 is 2.50 bits per heavy atom. The third kappa shape index (κ3) is 5.03. The molecule has 3 aromatic rings. The lowest BCUT2D eigenvalue weighted by atomic mass is 10.1. The largest absolute Gasteiger partial charge is 0.368 e. The second-order valence-electron chi connectivity index (χ2n) is 5.71. The smallest absolute Gasteiger partial charge is 0.234 e. The van der Waals surface area contributed by atoms with Crippen LogP contribution in [-0.4, -0.2) is 26.8 Å². The van der Waals surface area contributed by atoms with E-state index in [1.165, 1.54) is 27.8 Å². The Hall–Kier alpha value is -2.45. The molecule has 134 valence electrons. The van der Waals surface area contributed by atoms with Gasteiger partial charge in [-0.15, -0.1) is 5.10 Å². The number of nitrogens with two attached hydrogens (primary N) is 1. The van der Waals surface area contributed by atoms with Crippen LogP contribution in [0.3, 0.4) is 0 Å². The number of nitrogens with one attached hydrogen (secondary N) is 2. The van der Waals surface area contributed by atoms with E-state index in [0.717, 1.165) is 10.6 Å². The molecule has 4 N–H and O–H groups in total. The third-order valence-electron chi connectivity index (χ3n) is 3.67. The Morgan fingerprint density at radius 1 is 1.12 bits per heavy atom. The molecule has 8 heteroatoms. The summed E-state index contributed by atoms with van der Waals surface area (Å²) in [5.74, 6) is 0.342. The number of amides is 1. The van der Waals surface area contributed by atoms with Gasteiger partial charge in [-0.1, -0.05) is 29.6 Å². The van der Waals surface area contributed by atoms with E-state index in [-0.39, 0.29) is 17.6 Å². The Kier molecular flexibility index (Phi) is 5.85. The van der Waals surface area contributed by atoms with Gasteiger partial charge in [-0.2, -0.15) is 4.98 Å². The van der Waals surface area contributed by atoms with Crippen molar-refractivity contribution >= 4 is 41.1 Å². The number of carbonyl (C=O) groups is 1. The van der Waals surface area contributed by atoms with Gasteiger partial charge in [0.1, 0.15) is 0 Å². The highest BCUT2D eigenvalue weighted by molar-refractivity contribution is 7.99. The van der Waals surface area contributed by atoms with Gasteiger partial charge in [0.2, 0.25) is 17.0 Å². The Bertz CT molecular complexity index is 908. The lowest BCUT2D eigenvalue weighted by Gasteiger charge is -2.07. The first kappa shape index (κ1) is 18.3. The Balaban J connectivity index is 1.53. The molecule has 2 aromatic carbocycles. The van der Waals surface area contributed by atoms with Crippen LogP contribution in [0.25, 0.3) is 0 Å². The van der Waals surface area contributed by atoms with Crippen molar-refractivity contribution in [3.05, 3.63) is 53.6 Å². The summed E-state index contributed by atoms with van der Waals surface area (Å²) in [7, 11) is 0. The summed E-state index contributed by atoms with van der Waals surface area (Å²) < 4.78 is 0. The summed E-state index contributed by atoms with van der Waals surface area (Å²) in [6.45, 7) is 4.22. The molecule has 26 heavy (non-hydrogen) atoms. The van der Waals surface area contributed by atoms with Gasteiger partial charge in [-0.25, -0.2) is 5.10 Å². The molecule has 0 aliphatic heterocycles. The number of aromatic nitrogens is 3. The average molecular weight is 386 g/mol. The number of nitrogens with zero attached hydrogens (tertiary/aromatic N) is 2. The predicted molar refractivity (Wildman–Crippen MR) is 107 cm³/mol. The first-order valence-corrected chi connectivity index (χ1v) is 9.75. The standard InChI is InChI=1S/C18H19N5OS2/c1-11-3-6-15(9-12(11)2)26-14-7-4-13(5-8-14)20-16(24)10-25-18-21-17(19)22-23-18/h3-9H,10H2,1-2H3,(H,20,24)(H3,19,21,22,23). The van der Waals surface area contributed by atoms with E-state index in [0.29, 0.717) is 5.16 Å². The monoisotopic (exact) mass is 385 g/mol. The van der Waals surface area contributed by atoms with Crippen molar-refractivity contribution in [3.8, 4) is 0 Å². The fraction of sp³-hybridized carbons (Fsp3) is 0.167. The number of nitrogen functional groups attached to an aromatic ring is 1. The number of aryl methyl sites for hydroxylation is 2. The molecule has 0 fully saturated rings. The van der Waals surface area contributed by atoms with Crippen molar-refractivity contribution in [2.75, 3.05) is 16.8 Å². The summed E-state index contributed by atoms with van der Waals surface area (Å²) in [6.07, 6.45) is 0. The molecule has 0 atom stereocenters. The zero-order valence-electron chi connectivity index (χ0n) is 14.4. The van der Waals surface area contributed by atoms with Crippen LogP contribution >= 0.6 is 23.5 Å². The lowest BCUT2D eigenvalue weighted by molar-refractivity contribution is -0.113. The zero-order valence-corrected chi connectivity index (χ0v) is 16.1. The maximum absolute atomic E-state index is 12.0. The Labute approximate surface area is 160 Å². The first-order chi connectivity index (χ1) is 12.5. The molecule has 0 aliphatic carbocycles. The number of aromatic amines is 1. The van der Waals surface area contributed by atoms with Crippen molar-refractivity contribution in [3.63, 3.8) is 0 Å². The molecule has 0 saturated heterocycles. The molecular formula is C18H19N5OS2. The van der Waals surface area contributed by atoms with E-state index < -0.39 is 0 Å². The summed E-state index contributed by atoms with van der Waals surface area (Å²) in [6, 6.07) is 14.2. The molecule has 0 unspecified atom stereocenters. The van der Waals surface area contributed by atoms with E-state index in [2.05, 4.69) is 52.5 Å². The third-order valence-corrected chi connectivity index (χ3v) is 5.51. The SMILES string of the molecule is Cc1ccc(Sc2ccc(NC(=O)CSc3n[nH]c(N)n3)cc2)cc1C. The van der Waals surface area contributed by atoms with Crippen LogP contribution in [0.5, 0.6) is 0 Å². The van der Waals surface area contributed by atoms with Gasteiger partial charge in [-0.3, -0.25) is 4.79 Å². The number of thioether (sulfide) groups is 1. The van der Waals surface area contributed by atoms with Gasteiger partial charge in [0.05, 0.1) is 5.75 Å². The van der Waals surface area contributed by atoms with Crippen molar-refractivity contribution < 1.29 is 4.79 Å². The van der Waals surface area contributed by atoms with Gasteiger partial charge in [0.15, 0.2) is 0 Å². The van der Waals surface area contributed by atoms with Crippen LogP contribution in [0.4, 0.5) is 11.6 Å². The maximum Gasteiger partial charge on any atom is 0.234 e. The van der Waals surface area contributed by atoms with Crippen LogP contribution in [-0.2, 0) is 4.79 Å². The quantitative estimate of drug-likeness (QED) is 0.557. The second-order valence-corrected chi connectivity index (χ2v) is 7.80. The summed E-state index contributed by atoms with van der Waals surface area (Å²) >= 11 is 2.93. The molecule has 1 aromatic heterocycles. The minimum atomic E-state index is -0.118. The number of rotatable bonds is 6. The molecule has 0 radical (unpaired) electrons. The molecule has 1 heterocycles. The predicted octanol–water partition coefficient (Wildman–Crippen LogP) is 3.89. The van der Waals surface area contributed by atoms with E-state index >= 15 is 0 Å². The molecule has 0 saturated carbocycles. The van der Waals surface area contributed by atoms with Crippen LogP contribution in [0, 0.1) is 13.8 Å². The van der Waals surface area contributed by atoms with E-state index in [4.69, 9.17) is 5.73 Å². The summed E-state index contributed by atoms with van der Waals surface area (Å²) in [5.41, 5.74) is 8.78. The molecule has 3 rings (SSSR count). The summed E-state index contributed by atoms with van der Waals surface area (Å²) in [4.78, 5) is 18.3.